The van der Waals surface area contributed by atoms with Gasteiger partial charge in [-0.1, -0.05) is 60.2 Å². The largest absolute Gasteiger partial charge is 0.282 e. The minimum atomic E-state index is -0.299. The molecule has 0 amide bonds. The van der Waals surface area contributed by atoms with Crippen LogP contribution < -0.4 is 0 Å². The molecule has 5 heteroatoms. The number of hydrogen-bond donors (Lipinski definition) is 0. The van der Waals surface area contributed by atoms with Crippen LogP contribution in [-0.4, -0.2) is 16.0 Å². The quantitative estimate of drug-likeness (QED) is 0.164. The van der Waals surface area contributed by atoms with Gasteiger partial charge in [-0.2, -0.15) is 0 Å². The van der Waals surface area contributed by atoms with Crippen LogP contribution in [0, 0.1) is 10.1 Å². The summed E-state index contributed by atoms with van der Waals surface area (Å²) in [5.74, 6) is 0.965. The van der Waals surface area contributed by atoms with E-state index in [4.69, 9.17) is 0 Å². The predicted molar refractivity (Wildman–Crippen MR) is 89.9 cm³/mol. The Kier molecular flexibility index (Phi) is 9.75. The summed E-state index contributed by atoms with van der Waals surface area (Å²) in [6.45, 7) is 0. The first-order chi connectivity index (χ1) is 9.75. The summed E-state index contributed by atoms with van der Waals surface area (Å²) in [6, 6.07) is 6.99. The lowest BCUT2D eigenvalue weighted by Crippen LogP contribution is -1.91. The average molecular weight is 360 g/mol. The molecular weight excluding hydrogens is 338 g/mol. The Balaban J connectivity index is 2.11. The van der Waals surface area contributed by atoms with Gasteiger partial charge in [-0.15, -0.1) is 11.8 Å². The number of thioether (sulfide) groups is 1. The number of nitrogens with zero attached hydrogens (tertiary/aromatic N) is 1. The molecule has 0 aliphatic carbocycles. The van der Waals surface area contributed by atoms with Crippen LogP contribution in [0.4, 0.5) is 5.69 Å². The Morgan fingerprint density at radius 1 is 1.00 bits per heavy atom. The standard InChI is InChI=1S/C15H22BrNO2S/c16-12-8-4-2-1-3-5-9-13-20-15-11-7-6-10-14(15)17(18)19/h6-7,10-11H,1-5,8-9,12-13H2. The molecule has 0 radical (unpaired) electrons. The molecule has 0 saturated heterocycles. The SMILES string of the molecule is O=[N+]([O-])c1ccccc1SCCCCCCCCCBr. The zero-order chi connectivity index (χ0) is 14.6. The van der Waals surface area contributed by atoms with Gasteiger partial charge in [0.05, 0.1) is 9.82 Å². The maximum absolute atomic E-state index is 10.9. The first kappa shape index (κ1) is 17.5. The molecule has 0 spiro atoms. The number of nitro groups is 1. The van der Waals surface area contributed by atoms with Crippen LogP contribution in [0.2, 0.25) is 0 Å². The van der Waals surface area contributed by atoms with Gasteiger partial charge in [-0.25, -0.2) is 0 Å². The highest BCUT2D eigenvalue weighted by atomic mass is 79.9. The Morgan fingerprint density at radius 3 is 2.25 bits per heavy atom. The molecule has 0 atom stereocenters. The van der Waals surface area contributed by atoms with Gasteiger partial charge in [0.2, 0.25) is 0 Å². The van der Waals surface area contributed by atoms with E-state index in [1.54, 1.807) is 23.9 Å². The minimum absolute atomic E-state index is 0.229. The van der Waals surface area contributed by atoms with Crippen molar-refractivity contribution in [3.63, 3.8) is 0 Å². The fourth-order valence-corrected chi connectivity index (χ4v) is 3.42. The number of rotatable bonds is 11. The summed E-state index contributed by atoms with van der Waals surface area (Å²) in [5, 5.41) is 12.0. The lowest BCUT2D eigenvalue weighted by molar-refractivity contribution is -0.387. The van der Waals surface area contributed by atoms with Crippen LogP contribution in [0.3, 0.4) is 0 Å². The molecule has 0 unspecified atom stereocenters. The lowest BCUT2D eigenvalue weighted by atomic mass is 10.1. The number of unbranched alkanes of at least 4 members (excludes halogenated alkanes) is 6. The van der Waals surface area contributed by atoms with Crippen LogP contribution in [-0.2, 0) is 0 Å². The van der Waals surface area contributed by atoms with Crippen molar-refractivity contribution in [2.75, 3.05) is 11.1 Å². The predicted octanol–water partition coefficient (Wildman–Crippen LogP) is 5.81. The number of hydrogen-bond acceptors (Lipinski definition) is 3. The van der Waals surface area contributed by atoms with Gasteiger partial charge in [0.1, 0.15) is 0 Å². The molecule has 3 nitrogen and oxygen atoms in total. The van der Waals surface area contributed by atoms with E-state index in [-0.39, 0.29) is 10.6 Å². The minimum Gasteiger partial charge on any atom is -0.258 e. The monoisotopic (exact) mass is 359 g/mol. The zero-order valence-corrected chi connectivity index (χ0v) is 14.1. The normalized spacial score (nSPS) is 10.7. The Bertz CT molecular complexity index is 401. The number of nitro benzene ring substituents is 1. The summed E-state index contributed by atoms with van der Waals surface area (Å²) in [5.41, 5.74) is 0.229. The van der Waals surface area contributed by atoms with Crippen LogP contribution in [0.25, 0.3) is 0 Å². The van der Waals surface area contributed by atoms with Crippen molar-refractivity contribution in [3.05, 3.63) is 34.4 Å². The van der Waals surface area contributed by atoms with E-state index in [1.165, 1.54) is 38.5 Å². The second-order valence-electron chi connectivity index (χ2n) is 4.74. The first-order valence-corrected chi connectivity index (χ1v) is 9.28. The molecule has 1 rings (SSSR count). The van der Waals surface area contributed by atoms with E-state index in [1.807, 2.05) is 12.1 Å². The zero-order valence-electron chi connectivity index (χ0n) is 11.7. The maximum Gasteiger partial charge on any atom is 0.282 e. The number of para-hydroxylation sites is 1. The molecule has 112 valence electrons. The number of alkyl halides is 1. The van der Waals surface area contributed by atoms with Crippen LogP contribution in [0.5, 0.6) is 0 Å². The second kappa shape index (κ2) is 11.1. The molecule has 1 aromatic carbocycles. The van der Waals surface area contributed by atoms with Crippen LogP contribution in [0.1, 0.15) is 44.9 Å². The molecule has 0 aliphatic rings. The van der Waals surface area contributed by atoms with Crippen molar-refractivity contribution in [1.29, 1.82) is 0 Å². The average Bonchev–Trinajstić information content (AvgIpc) is 2.46. The summed E-state index contributed by atoms with van der Waals surface area (Å²) in [4.78, 5) is 11.4. The van der Waals surface area contributed by atoms with Gasteiger partial charge in [0, 0.05) is 11.4 Å². The third kappa shape index (κ3) is 7.29. The van der Waals surface area contributed by atoms with Gasteiger partial charge < -0.3 is 0 Å². The van der Waals surface area contributed by atoms with Crippen molar-refractivity contribution in [3.8, 4) is 0 Å². The molecule has 0 saturated carbocycles. The van der Waals surface area contributed by atoms with Crippen LogP contribution >= 0.6 is 27.7 Å². The molecule has 20 heavy (non-hydrogen) atoms. The lowest BCUT2D eigenvalue weighted by Gasteiger charge is -2.03. The maximum atomic E-state index is 10.9. The molecule has 0 aromatic heterocycles. The topological polar surface area (TPSA) is 43.1 Å². The highest BCUT2D eigenvalue weighted by Gasteiger charge is 2.11. The number of benzene rings is 1. The summed E-state index contributed by atoms with van der Waals surface area (Å²) >= 11 is 5.04. The van der Waals surface area contributed by atoms with E-state index < -0.39 is 0 Å². The molecule has 1 aromatic rings. The highest BCUT2D eigenvalue weighted by Crippen LogP contribution is 2.29. The van der Waals surface area contributed by atoms with E-state index in [0.717, 1.165) is 22.4 Å². The van der Waals surface area contributed by atoms with E-state index in [9.17, 15) is 10.1 Å². The smallest absolute Gasteiger partial charge is 0.258 e. The van der Waals surface area contributed by atoms with Crippen molar-refractivity contribution < 1.29 is 4.92 Å². The van der Waals surface area contributed by atoms with E-state index in [2.05, 4.69) is 15.9 Å². The van der Waals surface area contributed by atoms with E-state index >= 15 is 0 Å². The summed E-state index contributed by atoms with van der Waals surface area (Å²) < 4.78 is 0. The van der Waals surface area contributed by atoms with Crippen LogP contribution in [0.15, 0.2) is 29.2 Å². The Labute approximate surface area is 133 Å². The van der Waals surface area contributed by atoms with Gasteiger partial charge in [-0.3, -0.25) is 10.1 Å². The fraction of sp³-hybridized carbons (Fsp3) is 0.600. The van der Waals surface area contributed by atoms with Gasteiger partial charge in [0.15, 0.2) is 0 Å². The second-order valence-corrected chi connectivity index (χ2v) is 6.67. The molecule has 0 aliphatic heterocycles. The van der Waals surface area contributed by atoms with Gasteiger partial charge in [-0.05, 0) is 24.7 Å². The summed E-state index contributed by atoms with van der Waals surface area (Å²) in [7, 11) is 0. The van der Waals surface area contributed by atoms with Crippen molar-refractivity contribution in [2.45, 2.75) is 49.8 Å². The summed E-state index contributed by atoms with van der Waals surface area (Å²) in [6.07, 6.45) is 8.85. The van der Waals surface area contributed by atoms with Crippen molar-refractivity contribution >= 4 is 33.4 Å². The Hall–Kier alpha value is -0.550. The number of halogens is 1. The highest BCUT2D eigenvalue weighted by molar-refractivity contribution is 9.09. The molecular formula is C15H22BrNO2S. The molecule has 0 fully saturated rings. The van der Waals surface area contributed by atoms with Crippen molar-refractivity contribution in [1.82, 2.24) is 0 Å². The molecule has 0 heterocycles. The van der Waals surface area contributed by atoms with E-state index in [0.29, 0.717) is 0 Å². The molecule has 0 N–H and O–H groups in total. The van der Waals surface area contributed by atoms with Gasteiger partial charge >= 0.3 is 0 Å². The third-order valence-electron chi connectivity index (χ3n) is 3.10. The third-order valence-corrected chi connectivity index (χ3v) is 4.81. The molecule has 0 bridgehead atoms. The fourth-order valence-electron chi connectivity index (χ4n) is 1.99. The van der Waals surface area contributed by atoms with Gasteiger partial charge in [0.25, 0.3) is 5.69 Å². The van der Waals surface area contributed by atoms with Crippen molar-refractivity contribution in [2.24, 2.45) is 0 Å². The first-order valence-electron chi connectivity index (χ1n) is 7.18. The Morgan fingerprint density at radius 2 is 1.60 bits per heavy atom.